The third kappa shape index (κ3) is 1.81. The van der Waals surface area contributed by atoms with Crippen LogP contribution >= 0.6 is 11.6 Å². The minimum atomic E-state index is -1.76. The molecule has 9 heavy (non-hydrogen) atoms. The van der Waals surface area contributed by atoms with Crippen molar-refractivity contribution in [2.45, 2.75) is 25.7 Å². The molecule has 1 saturated heterocycles. The number of halogens is 1. The number of ether oxygens (including phenoxy) is 2. The topological polar surface area (TPSA) is 18.5 Å². The number of alkyl halides is 1. The highest BCUT2D eigenvalue weighted by Gasteiger charge is 2.31. The van der Waals surface area contributed by atoms with Crippen molar-refractivity contribution in [2.24, 2.45) is 0 Å². The van der Waals surface area contributed by atoms with Gasteiger partial charge in [0.1, 0.15) is 0 Å². The lowest BCUT2D eigenvalue weighted by Crippen LogP contribution is -2.21. The van der Waals surface area contributed by atoms with Crippen LogP contribution in [0.2, 0.25) is 0 Å². The van der Waals surface area contributed by atoms with Crippen molar-refractivity contribution in [3.63, 3.8) is 0 Å². The molecule has 3 heteroatoms. The molecule has 1 rings (SSSR count). The molecule has 1 unspecified atom stereocenters. The highest BCUT2D eigenvalue weighted by Crippen LogP contribution is 2.22. The summed E-state index contributed by atoms with van der Waals surface area (Å²) < 4.78 is 24.8. The van der Waals surface area contributed by atoms with Gasteiger partial charge in [0, 0.05) is 0 Å². The normalized spacial score (nSPS) is 41.9. The van der Waals surface area contributed by atoms with Gasteiger partial charge in [-0.15, -0.1) is 11.6 Å². The first-order valence-electron chi connectivity index (χ1n) is 3.81. The van der Waals surface area contributed by atoms with Crippen molar-refractivity contribution in [2.75, 3.05) is 12.4 Å². The molecule has 1 aliphatic rings. The van der Waals surface area contributed by atoms with Crippen molar-refractivity contribution in [1.82, 2.24) is 0 Å². The van der Waals surface area contributed by atoms with Crippen LogP contribution in [0, 0.1) is 0 Å². The fourth-order valence-electron chi connectivity index (χ4n) is 0.661. The van der Waals surface area contributed by atoms with Crippen molar-refractivity contribution in [3.8, 4) is 0 Å². The monoisotopic (exact) mass is 152 g/mol. The van der Waals surface area contributed by atoms with Gasteiger partial charge in [0.2, 0.25) is 0 Å². The van der Waals surface area contributed by atoms with Gasteiger partial charge in [-0.2, -0.15) is 0 Å². The molecule has 0 aromatic heterocycles. The Morgan fingerprint density at radius 3 is 2.78 bits per heavy atom. The molecule has 0 amide bonds. The zero-order valence-electron chi connectivity index (χ0n) is 7.48. The molecular weight excluding hydrogens is 140 g/mol. The van der Waals surface area contributed by atoms with Gasteiger partial charge in [0.25, 0.3) is 0 Å². The van der Waals surface area contributed by atoms with Gasteiger partial charge in [-0.05, 0) is 13.8 Å². The van der Waals surface area contributed by atoms with Crippen LogP contribution in [0.25, 0.3) is 0 Å². The lowest BCUT2D eigenvalue weighted by atomic mass is 10.4. The molecule has 1 fully saturated rings. The fraction of sp³-hybridized carbons (Fsp3) is 1.00. The first-order chi connectivity index (χ1) is 4.87. The highest BCUT2D eigenvalue weighted by atomic mass is 35.5. The standard InChI is InChI=1S/C6H11ClO2/c1-6(2)8-4-5(3-7)9-6/h5H,3-4H2,1-2H3/i4D2. The van der Waals surface area contributed by atoms with E-state index in [1.54, 1.807) is 13.8 Å². The molecule has 0 aliphatic carbocycles. The predicted molar refractivity (Wildman–Crippen MR) is 35.6 cm³/mol. The summed E-state index contributed by atoms with van der Waals surface area (Å²) in [7, 11) is 0. The second-order valence-electron chi connectivity index (χ2n) is 2.38. The van der Waals surface area contributed by atoms with Gasteiger partial charge in [-0.3, -0.25) is 0 Å². The average Bonchev–Trinajstić information content (AvgIpc) is 1.99. The summed E-state index contributed by atoms with van der Waals surface area (Å²) >= 11 is 5.47. The summed E-state index contributed by atoms with van der Waals surface area (Å²) in [6.07, 6.45) is -0.667. The number of hydrogen-bond donors (Lipinski definition) is 0. The SMILES string of the molecule is [2H]C1([2H])OC(C)(C)OC1CCl. The van der Waals surface area contributed by atoms with Crippen LogP contribution < -0.4 is 0 Å². The van der Waals surface area contributed by atoms with Crippen LogP contribution in [0.15, 0.2) is 0 Å². The number of rotatable bonds is 1. The van der Waals surface area contributed by atoms with Gasteiger partial charge < -0.3 is 9.47 Å². The highest BCUT2D eigenvalue weighted by molar-refractivity contribution is 6.18. The molecule has 1 aliphatic heterocycles. The maximum Gasteiger partial charge on any atom is 0.163 e. The van der Waals surface area contributed by atoms with Crippen molar-refractivity contribution in [3.05, 3.63) is 0 Å². The van der Waals surface area contributed by atoms with Crippen LogP contribution in [0.3, 0.4) is 0 Å². The minimum absolute atomic E-state index is 0.108. The molecule has 0 spiro atoms. The summed E-state index contributed by atoms with van der Waals surface area (Å²) in [5.74, 6) is -0.751. The van der Waals surface area contributed by atoms with E-state index in [-0.39, 0.29) is 5.88 Å². The molecule has 2 nitrogen and oxygen atoms in total. The van der Waals surface area contributed by atoms with Crippen molar-refractivity contribution < 1.29 is 12.2 Å². The molecule has 54 valence electrons. The smallest absolute Gasteiger partial charge is 0.163 e. The van der Waals surface area contributed by atoms with Crippen LogP contribution in [-0.2, 0) is 9.47 Å². The fourth-order valence-corrected chi connectivity index (χ4v) is 0.787. The largest absolute Gasteiger partial charge is 0.348 e. The maximum absolute atomic E-state index is 7.33. The molecule has 0 N–H and O–H groups in total. The van der Waals surface area contributed by atoms with E-state index in [4.69, 9.17) is 23.8 Å². The lowest BCUT2D eigenvalue weighted by molar-refractivity contribution is -0.135. The van der Waals surface area contributed by atoms with E-state index in [9.17, 15) is 0 Å². The molecule has 0 saturated carbocycles. The van der Waals surface area contributed by atoms with Gasteiger partial charge in [0.05, 0.1) is 21.3 Å². The van der Waals surface area contributed by atoms with Gasteiger partial charge in [-0.1, -0.05) is 0 Å². The second kappa shape index (κ2) is 2.45. The number of hydrogen-bond acceptors (Lipinski definition) is 2. The second-order valence-corrected chi connectivity index (χ2v) is 2.69. The van der Waals surface area contributed by atoms with E-state index >= 15 is 0 Å². The summed E-state index contributed by atoms with van der Waals surface area (Å²) in [6.45, 7) is 1.57. The Balaban J connectivity index is 2.71. The Morgan fingerprint density at radius 2 is 2.56 bits per heavy atom. The Kier molecular flexibility index (Phi) is 1.34. The van der Waals surface area contributed by atoms with Crippen LogP contribution in [-0.4, -0.2) is 24.3 Å². The third-order valence-electron chi connectivity index (χ3n) is 1.00. The van der Waals surface area contributed by atoms with Gasteiger partial charge in [0.15, 0.2) is 5.79 Å². The van der Waals surface area contributed by atoms with E-state index < -0.39 is 18.5 Å². The van der Waals surface area contributed by atoms with Crippen LogP contribution in [0.5, 0.6) is 0 Å². The molecule has 0 radical (unpaired) electrons. The average molecular weight is 153 g/mol. The summed E-state index contributed by atoms with van der Waals surface area (Å²) in [5, 5.41) is 0. The Hall–Kier alpha value is 0.210. The lowest BCUT2D eigenvalue weighted by Gasteiger charge is -2.15. The van der Waals surface area contributed by atoms with Gasteiger partial charge in [-0.25, -0.2) is 0 Å². The maximum atomic E-state index is 7.33. The summed E-state index contributed by atoms with van der Waals surface area (Å²) in [6, 6.07) is 0. The van der Waals surface area contributed by atoms with Crippen LogP contribution in [0.4, 0.5) is 0 Å². The first kappa shape index (κ1) is 4.94. The van der Waals surface area contributed by atoms with Gasteiger partial charge >= 0.3 is 0 Å². The first-order valence-corrected chi connectivity index (χ1v) is 3.35. The molecular formula is C6H11ClO2. The summed E-state index contributed by atoms with van der Waals surface area (Å²) in [4.78, 5) is 0. The molecule has 0 aromatic carbocycles. The Bertz CT molecular complexity index is 161. The Labute approximate surface area is 62.9 Å². The quantitative estimate of drug-likeness (QED) is 0.529. The molecule has 0 bridgehead atoms. The predicted octanol–water partition coefficient (Wildman–Crippen LogP) is 1.38. The molecule has 0 aromatic rings. The molecule has 1 heterocycles. The van der Waals surface area contributed by atoms with E-state index in [1.165, 1.54) is 0 Å². The van der Waals surface area contributed by atoms with Crippen LogP contribution in [0.1, 0.15) is 16.6 Å². The van der Waals surface area contributed by atoms with E-state index in [0.717, 1.165) is 0 Å². The van der Waals surface area contributed by atoms with E-state index in [2.05, 4.69) is 0 Å². The third-order valence-corrected chi connectivity index (χ3v) is 1.28. The molecule has 1 atom stereocenters. The summed E-state index contributed by atoms with van der Waals surface area (Å²) in [5.41, 5.74) is 0. The van der Waals surface area contributed by atoms with Crippen molar-refractivity contribution >= 4 is 11.6 Å². The zero-order chi connectivity index (χ0) is 8.70. The van der Waals surface area contributed by atoms with E-state index in [1.807, 2.05) is 0 Å². The minimum Gasteiger partial charge on any atom is -0.348 e. The Morgan fingerprint density at radius 1 is 1.89 bits per heavy atom. The van der Waals surface area contributed by atoms with E-state index in [0.29, 0.717) is 0 Å². The zero-order valence-corrected chi connectivity index (χ0v) is 6.23. The van der Waals surface area contributed by atoms with Crippen molar-refractivity contribution in [1.29, 1.82) is 0 Å².